The van der Waals surface area contributed by atoms with E-state index in [1.165, 1.54) is 12.1 Å². The van der Waals surface area contributed by atoms with Crippen LogP contribution in [0.15, 0.2) is 18.2 Å². The molecule has 0 amide bonds. The Morgan fingerprint density at radius 2 is 2.05 bits per heavy atom. The Morgan fingerprint density at radius 3 is 2.58 bits per heavy atom. The normalized spacial score (nSPS) is 15.1. The van der Waals surface area contributed by atoms with Gasteiger partial charge in [-0.05, 0) is 52.8 Å². The molecule has 0 spiro atoms. The maximum Gasteiger partial charge on any atom is 0.124 e. The average Bonchev–Trinajstić information content (AvgIpc) is 2.30. The number of benzene rings is 1. The Hall–Kier alpha value is -0.940. The van der Waals surface area contributed by atoms with Crippen molar-refractivity contribution >= 4 is 11.0 Å². The first-order valence-corrected chi connectivity index (χ1v) is 7.51. The van der Waals surface area contributed by atoms with Crippen LogP contribution in [0.2, 0.25) is 0 Å². The van der Waals surface area contributed by atoms with Gasteiger partial charge in [-0.1, -0.05) is 0 Å². The zero-order chi connectivity index (χ0) is 14.6. The van der Waals surface area contributed by atoms with Crippen LogP contribution >= 0.6 is 0 Å². The summed E-state index contributed by atoms with van der Waals surface area (Å²) in [7, 11) is -1.21. The number of ether oxygens (including phenoxy) is 1. The minimum Gasteiger partial charge on any atom is -0.494 e. The van der Waals surface area contributed by atoms with Crippen LogP contribution in [-0.4, -0.2) is 15.6 Å². The second-order valence-corrected chi connectivity index (χ2v) is 7.33. The molecule has 0 saturated heterocycles. The molecule has 0 aromatic heterocycles. The van der Waals surface area contributed by atoms with E-state index < -0.39 is 11.0 Å². The van der Waals surface area contributed by atoms with Crippen molar-refractivity contribution in [1.82, 2.24) is 4.72 Å². The van der Waals surface area contributed by atoms with Crippen LogP contribution in [0.3, 0.4) is 0 Å². The Kier molecular flexibility index (Phi) is 5.50. The summed E-state index contributed by atoms with van der Waals surface area (Å²) in [6.07, 6.45) is 0. The van der Waals surface area contributed by atoms with E-state index in [1.54, 1.807) is 6.07 Å². The number of halogens is 1. The Bertz CT molecular complexity index is 457. The fraction of sp³-hybridized carbons (Fsp3) is 0.571. The molecule has 2 atom stereocenters. The quantitative estimate of drug-likeness (QED) is 0.902. The molecule has 1 aromatic carbocycles. The molecule has 3 nitrogen and oxygen atoms in total. The lowest BCUT2D eigenvalue weighted by Gasteiger charge is -2.23. The van der Waals surface area contributed by atoms with Gasteiger partial charge in [0.1, 0.15) is 11.6 Å². The van der Waals surface area contributed by atoms with Crippen molar-refractivity contribution in [3.05, 3.63) is 29.6 Å². The summed E-state index contributed by atoms with van der Waals surface area (Å²) in [4.78, 5) is 0. The van der Waals surface area contributed by atoms with Gasteiger partial charge in [-0.3, -0.25) is 0 Å². The molecule has 0 aliphatic carbocycles. The van der Waals surface area contributed by atoms with Gasteiger partial charge in [0.15, 0.2) is 0 Å². The third-order valence-electron chi connectivity index (χ3n) is 2.58. The lowest BCUT2D eigenvalue weighted by molar-refractivity contribution is 0.333. The molecule has 1 N–H and O–H groups in total. The smallest absolute Gasteiger partial charge is 0.124 e. The van der Waals surface area contributed by atoms with E-state index in [9.17, 15) is 8.60 Å². The van der Waals surface area contributed by atoms with Gasteiger partial charge in [-0.2, -0.15) is 0 Å². The van der Waals surface area contributed by atoms with Gasteiger partial charge in [-0.15, -0.1) is 0 Å². The SMILES string of the molecule is CCOc1ccc(F)cc1[C@@H](C)N[S@@](=O)C(C)(C)C. The fourth-order valence-corrected chi connectivity index (χ4v) is 2.35. The van der Waals surface area contributed by atoms with Crippen LogP contribution in [0, 0.1) is 5.82 Å². The lowest BCUT2D eigenvalue weighted by atomic mass is 10.1. The van der Waals surface area contributed by atoms with Gasteiger partial charge in [0.05, 0.1) is 22.3 Å². The van der Waals surface area contributed by atoms with Crippen LogP contribution in [0.25, 0.3) is 0 Å². The van der Waals surface area contributed by atoms with E-state index in [0.29, 0.717) is 17.9 Å². The standard InChI is InChI=1S/C14H22FNO2S/c1-6-18-13-8-7-11(15)9-12(13)10(2)16-19(17)14(3,4)5/h7-10,16H,6H2,1-5H3/t10-,19+/m1/s1. The van der Waals surface area contributed by atoms with E-state index >= 15 is 0 Å². The number of rotatable bonds is 5. The molecular weight excluding hydrogens is 265 g/mol. The monoisotopic (exact) mass is 287 g/mol. The molecule has 0 bridgehead atoms. The molecule has 0 fully saturated rings. The second-order valence-electron chi connectivity index (χ2n) is 5.34. The summed E-state index contributed by atoms with van der Waals surface area (Å²) in [6, 6.07) is 4.13. The summed E-state index contributed by atoms with van der Waals surface area (Å²) in [5.74, 6) is 0.295. The van der Waals surface area contributed by atoms with Gasteiger partial charge in [0.2, 0.25) is 0 Å². The van der Waals surface area contributed by atoms with Crippen LogP contribution < -0.4 is 9.46 Å². The Balaban J connectivity index is 2.95. The first-order valence-electron chi connectivity index (χ1n) is 6.36. The lowest BCUT2D eigenvalue weighted by Crippen LogP contribution is -2.35. The predicted octanol–water partition coefficient (Wildman–Crippen LogP) is 3.34. The van der Waals surface area contributed by atoms with Gasteiger partial charge < -0.3 is 4.74 Å². The van der Waals surface area contributed by atoms with Crippen LogP contribution in [0.4, 0.5) is 4.39 Å². The van der Waals surface area contributed by atoms with Crippen molar-refractivity contribution in [1.29, 1.82) is 0 Å². The first kappa shape index (κ1) is 16.1. The summed E-state index contributed by atoms with van der Waals surface area (Å²) >= 11 is 0. The molecule has 1 aromatic rings. The summed E-state index contributed by atoms with van der Waals surface area (Å²) in [5.41, 5.74) is 0.680. The van der Waals surface area contributed by atoms with E-state index in [-0.39, 0.29) is 16.6 Å². The highest BCUT2D eigenvalue weighted by Gasteiger charge is 2.23. The number of hydrogen-bond donors (Lipinski definition) is 1. The van der Waals surface area contributed by atoms with Crippen molar-refractivity contribution in [3.8, 4) is 5.75 Å². The highest BCUT2D eigenvalue weighted by atomic mass is 32.2. The molecule has 0 aliphatic heterocycles. The van der Waals surface area contributed by atoms with E-state index in [1.807, 2.05) is 34.6 Å². The van der Waals surface area contributed by atoms with Gasteiger partial charge in [-0.25, -0.2) is 13.3 Å². The molecule has 108 valence electrons. The van der Waals surface area contributed by atoms with Crippen LogP contribution in [0.5, 0.6) is 5.75 Å². The van der Waals surface area contributed by atoms with E-state index in [0.717, 1.165) is 0 Å². The fourth-order valence-electron chi connectivity index (χ4n) is 1.55. The Morgan fingerprint density at radius 1 is 1.42 bits per heavy atom. The third-order valence-corrected chi connectivity index (χ3v) is 4.26. The molecule has 0 unspecified atom stereocenters. The molecule has 0 heterocycles. The van der Waals surface area contributed by atoms with Gasteiger partial charge in [0.25, 0.3) is 0 Å². The average molecular weight is 287 g/mol. The van der Waals surface area contributed by atoms with E-state index in [4.69, 9.17) is 4.74 Å². The molecule has 19 heavy (non-hydrogen) atoms. The number of nitrogens with one attached hydrogen (secondary N) is 1. The van der Waals surface area contributed by atoms with Crippen molar-refractivity contribution in [2.45, 2.75) is 45.4 Å². The van der Waals surface area contributed by atoms with Gasteiger partial charge in [0, 0.05) is 11.6 Å². The number of hydrogen-bond acceptors (Lipinski definition) is 2. The highest BCUT2D eigenvalue weighted by molar-refractivity contribution is 7.84. The van der Waals surface area contributed by atoms with Crippen LogP contribution in [-0.2, 0) is 11.0 Å². The summed E-state index contributed by atoms with van der Waals surface area (Å²) in [5, 5.41) is 0. The zero-order valence-corrected chi connectivity index (χ0v) is 12.9. The maximum atomic E-state index is 13.4. The minimum absolute atomic E-state index is 0.252. The molecule has 0 aliphatic rings. The molecule has 0 radical (unpaired) electrons. The second kappa shape index (κ2) is 6.48. The van der Waals surface area contributed by atoms with Crippen molar-refractivity contribution < 1.29 is 13.3 Å². The van der Waals surface area contributed by atoms with Crippen molar-refractivity contribution in [2.75, 3.05) is 6.61 Å². The first-order chi connectivity index (χ1) is 8.75. The van der Waals surface area contributed by atoms with Gasteiger partial charge >= 0.3 is 0 Å². The molecule has 0 saturated carbocycles. The molecular formula is C14H22FNO2S. The third kappa shape index (κ3) is 4.58. The minimum atomic E-state index is -1.21. The maximum absolute atomic E-state index is 13.4. The molecule has 5 heteroatoms. The van der Waals surface area contributed by atoms with Crippen molar-refractivity contribution in [3.63, 3.8) is 0 Å². The van der Waals surface area contributed by atoms with Crippen molar-refractivity contribution in [2.24, 2.45) is 0 Å². The largest absolute Gasteiger partial charge is 0.494 e. The summed E-state index contributed by atoms with van der Waals surface area (Å²) in [6.45, 7) is 9.89. The van der Waals surface area contributed by atoms with Crippen LogP contribution in [0.1, 0.15) is 46.2 Å². The van der Waals surface area contributed by atoms with E-state index in [2.05, 4.69) is 4.72 Å². The summed E-state index contributed by atoms with van der Waals surface area (Å²) < 4.78 is 33.5. The highest BCUT2D eigenvalue weighted by Crippen LogP contribution is 2.27. The predicted molar refractivity (Wildman–Crippen MR) is 77.0 cm³/mol. The molecule has 1 rings (SSSR count). The zero-order valence-electron chi connectivity index (χ0n) is 12.1. The topological polar surface area (TPSA) is 38.3 Å². The Labute approximate surface area is 117 Å².